The Morgan fingerprint density at radius 2 is 2.13 bits per heavy atom. The van der Waals surface area contributed by atoms with Crippen LogP contribution < -0.4 is 10.2 Å². The maximum absolute atomic E-state index is 13.0. The number of nitrogens with zero attached hydrogens (tertiary/aromatic N) is 5. The Hall–Kier alpha value is -2.90. The van der Waals surface area contributed by atoms with Crippen LogP contribution in [0.1, 0.15) is 70.9 Å². The maximum Gasteiger partial charge on any atom is 0.246 e. The van der Waals surface area contributed by atoms with Crippen molar-refractivity contribution in [1.82, 2.24) is 24.8 Å². The van der Waals surface area contributed by atoms with E-state index in [1.54, 1.807) is 0 Å². The molecule has 1 aliphatic carbocycles. The quantitative estimate of drug-likeness (QED) is 0.586. The SMILES string of the molecule is CC(C)(C)CCC(=O)[C@@H]1CCCN1c1nc(Nc2cc(C3CC3)[nH]n2)c2cccn2n1. The normalized spacial score (nSPS) is 19.3. The molecule has 2 aliphatic rings. The third-order valence-corrected chi connectivity index (χ3v) is 6.24. The number of Topliss-reactive ketones (excluding diaryl/α,β-unsaturated/α-hetero) is 1. The molecule has 5 rings (SSSR count). The number of H-pyrrole nitrogens is 1. The van der Waals surface area contributed by atoms with Crippen molar-refractivity contribution in [2.45, 2.75) is 71.3 Å². The second-order valence-corrected chi connectivity index (χ2v) is 10.1. The van der Waals surface area contributed by atoms with Gasteiger partial charge in [-0.2, -0.15) is 10.1 Å². The molecule has 0 spiro atoms. The van der Waals surface area contributed by atoms with Gasteiger partial charge >= 0.3 is 0 Å². The zero-order valence-corrected chi connectivity index (χ0v) is 18.6. The standard InChI is InChI=1S/C23H31N7O/c1-23(2,3)11-10-19(31)17-6-4-12-29(17)22-25-21(18-7-5-13-30(18)28-22)24-20-14-16(26-27-20)15-8-9-15/h5,7,13-15,17H,4,6,8-12H2,1-3H3,(H2,24,25,26,27,28)/t17-/m0/s1. The van der Waals surface area contributed by atoms with Crippen molar-refractivity contribution >= 4 is 28.9 Å². The maximum atomic E-state index is 13.0. The molecule has 8 heteroatoms. The summed E-state index contributed by atoms with van der Waals surface area (Å²) in [6, 6.07) is 5.86. The molecule has 3 aromatic heterocycles. The number of carbonyl (C=O) groups excluding carboxylic acids is 1. The highest BCUT2D eigenvalue weighted by Gasteiger charge is 2.33. The van der Waals surface area contributed by atoms with Gasteiger partial charge in [0.1, 0.15) is 5.52 Å². The van der Waals surface area contributed by atoms with Crippen LogP contribution in [-0.4, -0.2) is 43.2 Å². The fraction of sp³-hybridized carbons (Fsp3) is 0.565. The first-order chi connectivity index (χ1) is 14.9. The second-order valence-electron chi connectivity index (χ2n) is 10.1. The molecular weight excluding hydrogens is 390 g/mol. The van der Waals surface area contributed by atoms with Crippen molar-refractivity contribution in [2.24, 2.45) is 5.41 Å². The minimum atomic E-state index is -0.143. The van der Waals surface area contributed by atoms with Crippen LogP contribution in [0.4, 0.5) is 17.6 Å². The van der Waals surface area contributed by atoms with Crippen molar-refractivity contribution in [2.75, 3.05) is 16.8 Å². The molecule has 31 heavy (non-hydrogen) atoms. The summed E-state index contributed by atoms with van der Waals surface area (Å²) < 4.78 is 1.83. The van der Waals surface area contributed by atoms with E-state index >= 15 is 0 Å². The number of hydrogen-bond acceptors (Lipinski definition) is 6. The third kappa shape index (κ3) is 4.29. The van der Waals surface area contributed by atoms with E-state index in [0.717, 1.165) is 37.1 Å². The molecule has 0 bridgehead atoms. The van der Waals surface area contributed by atoms with Gasteiger partial charge < -0.3 is 10.2 Å². The van der Waals surface area contributed by atoms with Crippen molar-refractivity contribution in [1.29, 1.82) is 0 Å². The molecule has 0 aromatic carbocycles. The van der Waals surface area contributed by atoms with E-state index in [4.69, 9.17) is 10.1 Å². The van der Waals surface area contributed by atoms with E-state index in [-0.39, 0.29) is 11.5 Å². The number of rotatable bonds is 7. The molecule has 0 radical (unpaired) electrons. The molecule has 0 unspecified atom stereocenters. The Kier molecular flexibility index (Phi) is 4.95. The minimum absolute atomic E-state index is 0.143. The van der Waals surface area contributed by atoms with E-state index in [9.17, 15) is 4.79 Å². The second kappa shape index (κ2) is 7.66. The van der Waals surface area contributed by atoms with Crippen LogP contribution >= 0.6 is 0 Å². The Balaban J connectivity index is 1.40. The fourth-order valence-electron chi connectivity index (χ4n) is 4.27. The van der Waals surface area contributed by atoms with Gasteiger partial charge in [0.15, 0.2) is 17.4 Å². The van der Waals surface area contributed by atoms with Gasteiger partial charge in [-0.05, 0) is 49.7 Å². The van der Waals surface area contributed by atoms with Gasteiger partial charge in [-0.25, -0.2) is 4.52 Å². The summed E-state index contributed by atoms with van der Waals surface area (Å²) in [6.45, 7) is 7.33. The number of ketones is 1. The van der Waals surface area contributed by atoms with Crippen LogP contribution in [-0.2, 0) is 4.79 Å². The number of anilines is 3. The van der Waals surface area contributed by atoms with E-state index in [1.807, 2.05) is 22.8 Å². The summed E-state index contributed by atoms with van der Waals surface area (Å²) in [7, 11) is 0. The largest absolute Gasteiger partial charge is 0.329 e. The van der Waals surface area contributed by atoms with Crippen LogP contribution in [0.25, 0.3) is 5.52 Å². The first kappa shape index (κ1) is 20.0. The number of nitrogens with one attached hydrogen (secondary N) is 2. The first-order valence-electron chi connectivity index (χ1n) is 11.3. The van der Waals surface area contributed by atoms with Gasteiger partial charge in [0, 0.05) is 36.8 Å². The summed E-state index contributed by atoms with van der Waals surface area (Å²) in [5, 5.41) is 15.6. The summed E-state index contributed by atoms with van der Waals surface area (Å²) in [6.07, 6.45) is 7.69. The predicted molar refractivity (Wildman–Crippen MR) is 121 cm³/mol. The van der Waals surface area contributed by atoms with E-state index in [1.165, 1.54) is 18.5 Å². The molecular formula is C23H31N7O. The highest BCUT2D eigenvalue weighted by Crippen LogP contribution is 2.39. The molecule has 1 saturated carbocycles. The van der Waals surface area contributed by atoms with E-state index in [2.05, 4.69) is 47.3 Å². The van der Waals surface area contributed by atoms with Gasteiger partial charge in [0.05, 0.1) is 6.04 Å². The van der Waals surface area contributed by atoms with Crippen LogP contribution in [0.15, 0.2) is 24.4 Å². The van der Waals surface area contributed by atoms with Crippen molar-refractivity contribution in [3.05, 3.63) is 30.1 Å². The summed E-state index contributed by atoms with van der Waals surface area (Å²) >= 11 is 0. The number of fused-ring (bicyclic) bond motifs is 1. The number of carbonyl (C=O) groups is 1. The highest BCUT2D eigenvalue weighted by molar-refractivity contribution is 5.87. The molecule has 2 N–H and O–H groups in total. The Morgan fingerprint density at radius 1 is 1.29 bits per heavy atom. The van der Waals surface area contributed by atoms with Crippen molar-refractivity contribution < 1.29 is 4.79 Å². The average molecular weight is 422 g/mol. The third-order valence-electron chi connectivity index (χ3n) is 6.24. The van der Waals surface area contributed by atoms with Gasteiger partial charge in [0.25, 0.3) is 0 Å². The minimum Gasteiger partial charge on any atom is -0.329 e. The summed E-state index contributed by atoms with van der Waals surface area (Å²) in [5.41, 5.74) is 2.21. The van der Waals surface area contributed by atoms with Crippen molar-refractivity contribution in [3.8, 4) is 0 Å². The Morgan fingerprint density at radius 3 is 2.90 bits per heavy atom. The average Bonchev–Trinajstić information content (AvgIpc) is 3.12. The van der Waals surface area contributed by atoms with Gasteiger partial charge in [-0.1, -0.05) is 20.8 Å². The van der Waals surface area contributed by atoms with Crippen LogP contribution in [0.5, 0.6) is 0 Å². The number of aromatic amines is 1. The summed E-state index contributed by atoms with van der Waals surface area (Å²) in [4.78, 5) is 19.9. The molecule has 2 fully saturated rings. The lowest BCUT2D eigenvalue weighted by molar-refractivity contribution is -0.120. The Bertz CT molecular complexity index is 1090. The zero-order chi connectivity index (χ0) is 21.6. The molecule has 8 nitrogen and oxygen atoms in total. The van der Waals surface area contributed by atoms with Crippen LogP contribution in [0.2, 0.25) is 0 Å². The first-order valence-corrected chi connectivity index (χ1v) is 11.3. The zero-order valence-electron chi connectivity index (χ0n) is 18.6. The lowest BCUT2D eigenvalue weighted by Crippen LogP contribution is -2.38. The topological polar surface area (TPSA) is 91.2 Å². The molecule has 1 saturated heterocycles. The summed E-state index contributed by atoms with van der Waals surface area (Å²) in [5.74, 6) is 2.96. The fourth-order valence-corrected chi connectivity index (χ4v) is 4.27. The molecule has 1 aliphatic heterocycles. The molecule has 164 valence electrons. The molecule has 0 amide bonds. The highest BCUT2D eigenvalue weighted by atomic mass is 16.1. The smallest absolute Gasteiger partial charge is 0.246 e. The molecule has 3 aromatic rings. The number of aromatic nitrogens is 5. The van der Waals surface area contributed by atoms with Gasteiger partial charge in [0.2, 0.25) is 5.95 Å². The van der Waals surface area contributed by atoms with E-state index < -0.39 is 0 Å². The van der Waals surface area contributed by atoms with Gasteiger partial charge in [-0.3, -0.25) is 9.89 Å². The van der Waals surface area contributed by atoms with Gasteiger partial charge in [-0.15, -0.1) is 5.10 Å². The van der Waals surface area contributed by atoms with E-state index in [0.29, 0.717) is 29.9 Å². The number of hydrogen-bond donors (Lipinski definition) is 2. The lowest BCUT2D eigenvalue weighted by atomic mass is 9.88. The van der Waals surface area contributed by atoms with Crippen molar-refractivity contribution in [3.63, 3.8) is 0 Å². The van der Waals surface area contributed by atoms with Crippen LogP contribution in [0, 0.1) is 5.41 Å². The molecule has 4 heterocycles. The lowest BCUT2D eigenvalue weighted by Gasteiger charge is -2.25. The van der Waals surface area contributed by atoms with Crippen LogP contribution in [0.3, 0.4) is 0 Å². The molecule has 1 atom stereocenters. The monoisotopic (exact) mass is 421 g/mol. The predicted octanol–water partition coefficient (Wildman–Crippen LogP) is 4.44. The Labute approximate surface area is 182 Å².